The van der Waals surface area contributed by atoms with Crippen LogP contribution >= 0.6 is 11.8 Å². The zero-order valence-corrected chi connectivity index (χ0v) is 7.37. The molecule has 0 saturated carbocycles. The zero-order chi connectivity index (χ0) is 7.28. The van der Waals surface area contributed by atoms with Gasteiger partial charge in [-0.1, -0.05) is 13.8 Å². The number of thioether (sulfide) groups is 1. The van der Waals surface area contributed by atoms with Gasteiger partial charge in [-0.25, -0.2) is 0 Å². The van der Waals surface area contributed by atoms with Crippen molar-refractivity contribution >= 4 is 11.8 Å². The van der Waals surface area contributed by atoms with Gasteiger partial charge in [0.05, 0.1) is 0 Å². The summed E-state index contributed by atoms with van der Waals surface area (Å²) in [6.45, 7) is 4.34. The van der Waals surface area contributed by atoms with E-state index >= 15 is 0 Å². The van der Waals surface area contributed by atoms with Gasteiger partial charge in [-0.05, 0) is 24.3 Å². The lowest BCUT2D eigenvalue weighted by Gasteiger charge is -2.13. The molecule has 0 bridgehead atoms. The molecule has 2 heteroatoms. The van der Waals surface area contributed by atoms with Crippen LogP contribution in [0.1, 0.15) is 20.3 Å². The maximum Gasteiger partial charge on any atom is 0.00697 e. The number of hydrogen-bond donors (Lipinski definition) is 1. The van der Waals surface area contributed by atoms with E-state index in [1.807, 2.05) is 11.8 Å². The molecular formula is C7H17NS. The summed E-state index contributed by atoms with van der Waals surface area (Å²) in [6, 6.07) is 0.400. The molecule has 0 aromatic rings. The van der Waals surface area contributed by atoms with Gasteiger partial charge in [0, 0.05) is 6.04 Å². The van der Waals surface area contributed by atoms with Crippen LogP contribution in [0.5, 0.6) is 0 Å². The summed E-state index contributed by atoms with van der Waals surface area (Å²) in [5.74, 6) is 1.83. The van der Waals surface area contributed by atoms with Gasteiger partial charge >= 0.3 is 0 Å². The largest absolute Gasteiger partial charge is 0.327 e. The van der Waals surface area contributed by atoms with E-state index in [9.17, 15) is 0 Å². The maximum atomic E-state index is 5.79. The smallest absolute Gasteiger partial charge is 0.00697 e. The Balaban J connectivity index is 3.16. The topological polar surface area (TPSA) is 26.0 Å². The van der Waals surface area contributed by atoms with Crippen molar-refractivity contribution in [3.8, 4) is 0 Å². The first-order valence-electron chi connectivity index (χ1n) is 3.43. The van der Waals surface area contributed by atoms with Crippen LogP contribution in [0.3, 0.4) is 0 Å². The first-order valence-corrected chi connectivity index (χ1v) is 4.82. The SMILES string of the molecule is CSCCC(N)C(C)C. The van der Waals surface area contributed by atoms with Crippen LogP contribution in [0.25, 0.3) is 0 Å². The van der Waals surface area contributed by atoms with E-state index in [-0.39, 0.29) is 0 Å². The summed E-state index contributed by atoms with van der Waals surface area (Å²) in [6.07, 6.45) is 3.27. The van der Waals surface area contributed by atoms with Crippen molar-refractivity contribution in [2.24, 2.45) is 11.7 Å². The normalized spacial score (nSPS) is 14.3. The Hall–Kier alpha value is 0.310. The fourth-order valence-corrected chi connectivity index (χ4v) is 1.10. The third-order valence-electron chi connectivity index (χ3n) is 1.51. The number of nitrogens with two attached hydrogens (primary N) is 1. The third-order valence-corrected chi connectivity index (χ3v) is 2.16. The fourth-order valence-electron chi connectivity index (χ4n) is 0.587. The molecule has 0 heterocycles. The second kappa shape index (κ2) is 5.12. The Morgan fingerprint density at radius 1 is 1.44 bits per heavy atom. The van der Waals surface area contributed by atoms with E-state index in [0.29, 0.717) is 12.0 Å². The lowest BCUT2D eigenvalue weighted by atomic mass is 10.0. The molecule has 0 saturated heterocycles. The molecule has 0 spiro atoms. The Morgan fingerprint density at radius 3 is 2.33 bits per heavy atom. The minimum Gasteiger partial charge on any atom is -0.327 e. The molecule has 1 unspecified atom stereocenters. The minimum atomic E-state index is 0.400. The molecule has 1 atom stereocenters. The Bertz CT molecular complexity index is 63.9. The van der Waals surface area contributed by atoms with E-state index < -0.39 is 0 Å². The molecule has 2 N–H and O–H groups in total. The molecule has 0 aromatic carbocycles. The van der Waals surface area contributed by atoms with E-state index in [1.54, 1.807) is 0 Å². The monoisotopic (exact) mass is 147 g/mol. The highest BCUT2D eigenvalue weighted by Crippen LogP contribution is 2.05. The van der Waals surface area contributed by atoms with Gasteiger partial charge in [0.2, 0.25) is 0 Å². The molecule has 0 radical (unpaired) electrons. The van der Waals surface area contributed by atoms with Crippen LogP contribution in [-0.2, 0) is 0 Å². The quantitative estimate of drug-likeness (QED) is 0.655. The van der Waals surface area contributed by atoms with E-state index in [2.05, 4.69) is 20.1 Å². The molecule has 0 rings (SSSR count). The van der Waals surface area contributed by atoms with Crippen LogP contribution in [0.15, 0.2) is 0 Å². The molecule has 0 aromatic heterocycles. The molecule has 9 heavy (non-hydrogen) atoms. The Kier molecular flexibility index (Phi) is 5.30. The van der Waals surface area contributed by atoms with Crippen LogP contribution < -0.4 is 5.73 Å². The summed E-state index contributed by atoms with van der Waals surface area (Å²) in [5, 5.41) is 0. The van der Waals surface area contributed by atoms with Gasteiger partial charge < -0.3 is 5.73 Å². The summed E-state index contributed by atoms with van der Waals surface area (Å²) in [5.41, 5.74) is 5.79. The minimum absolute atomic E-state index is 0.400. The van der Waals surface area contributed by atoms with Gasteiger partial charge in [-0.3, -0.25) is 0 Å². The maximum absolute atomic E-state index is 5.79. The Morgan fingerprint density at radius 2 is 2.00 bits per heavy atom. The van der Waals surface area contributed by atoms with Crippen LogP contribution in [0, 0.1) is 5.92 Å². The van der Waals surface area contributed by atoms with Gasteiger partial charge in [-0.15, -0.1) is 0 Å². The molecule has 0 aliphatic heterocycles. The van der Waals surface area contributed by atoms with E-state index in [0.717, 1.165) is 6.42 Å². The predicted octanol–water partition coefficient (Wildman–Crippen LogP) is 1.72. The standard InChI is InChI=1S/C7H17NS/c1-6(2)7(8)4-5-9-3/h6-7H,4-5,8H2,1-3H3. The van der Waals surface area contributed by atoms with Gasteiger partial charge in [0.25, 0.3) is 0 Å². The Labute approximate surface area is 62.4 Å². The van der Waals surface area contributed by atoms with Crippen molar-refractivity contribution in [1.29, 1.82) is 0 Å². The van der Waals surface area contributed by atoms with Crippen LogP contribution in [-0.4, -0.2) is 18.1 Å². The molecule has 0 amide bonds. The lowest BCUT2D eigenvalue weighted by Crippen LogP contribution is -2.26. The number of rotatable bonds is 4. The summed E-state index contributed by atoms with van der Waals surface area (Å²) in [4.78, 5) is 0. The summed E-state index contributed by atoms with van der Waals surface area (Å²) >= 11 is 1.87. The van der Waals surface area contributed by atoms with Crippen LogP contribution in [0.4, 0.5) is 0 Å². The van der Waals surface area contributed by atoms with Crippen molar-refractivity contribution in [3.63, 3.8) is 0 Å². The van der Waals surface area contributed by atoms with Crippen molar-refractivity contribution in [2.75, 3.05) is 12.0 Å². The first kappa shape index (κ1) is 9.31. The predicted molar refractivity (Wildman–Crippen MR) is 45.8 cm³/mol. The summed E-state index contributed by atoms with van der Waals surface area (Å²) < 4.78 is 0. The van der Waals surface area contributed by atoms with Gasteiger partial charge in [0.1, 0.15) is 0 Å². The molecule has 56 valence electrons. The number of hydrogen-bond acceptors (Lipinski definition) is 2. The second-order valence-electron chi connectivity index (χ2n) is 2.69. The average molecular weight is 147 g/mol. The highest BCUT2D eigenvalue weighted by Gasteiger charge is 2.05. The van der Waals surface area contributed by atoms with Crippen molar-refractivity contribution in [1.82, 2.24) is 0 Å². The highest BCUT2D eigenvalue weighted by atomic mass is 32.2. The molecule has 0 aliphatic rings. The van der Waals surface area contributed by atoms with Gasteiger partial charge in [-0.2, -0.15) is 11.8 Å². The van der Waals surface area contributed by atoms with Crippen molar-refractivity contribution < 1.29 is 0 Å². The molecular weight excluding hydrogens is 130 g/mol. The van der Waals surface area contributed by atoms with E-state index in [1.165, 1.54) is 5.75 Å². The highest BCUT2D eigenvalue weighted by molar-refractivity contribution is 7.98. The van der Waals surface area contributed by atoms with Crippen LogP contribution in [0.2, 0.25) is 0 Å². The fraction of sp³-hybridized carbons (Fsp3) is 1.00. The molecule has 0 fully saturated rings. The lowest BCUT2D eigenvalue weighted by molar-refractivity contribution is 0.484. The van der Waals surface area contributed by atoms with Gasteiger partial charge in [0.15, 0.2) is 0 Å². The van der Waals surface area contributed by atoms with Crippen molar-refractivity contribution in [3.05, 3.63) is 0 Å². The second-order valence-corrected chi connectivity index (χ2v) is 3.67. The van der Waals surface area contributed by atoms with Crippen molar-refractivity contribution in [2.45, 2.75) is 26.3 Å². The molecule has 1 nitrogen and oxygen atoms in total. The summed E-state index contributed by atoms with van der Waals surface area (Å²) in [7, 11) is 0. The first-order chi connectivity index (χ1) is 4.18. The third kappa shape index (κ3) is 4.79. The molecule has 0 aliphatic carbocycles. The van der Waals surface area contributed by atoms with E-state index in [4.69, 9.17) is 5.73 Å². The zero-order valence-electron chi connectivity index (χ0n) is 6.55. The average Bonchev–Trinajstić information content (AvgIpc) is 1.82.